The summed E-state index contributed by atoms with van der Waals surface area (Å²) in [6.45, 7) is 1.76. The minimum Gasteiger partial charge on any atom is -0.355 e. The molecule has 0 saturated carbocycles. The Balaban J connectivity index is 2.57. The van der Waals surface area contributed by atoms with Gasteiger partial charge >= 0.3 is 0 Å². The summed E-state index contributed by atoms with van der Waals surface area (Å²) in [5, 5.41) is 9.83. The highest BCUT2D eigenvalue weighted by molar-refractivity contribution is 5.90. The maximum Gasteiger partial charge on any atom is 0.242 e. The first-order valence-electron chi connectivity index (χ1n) is 7.61. The van der Waals surface area contributed by atoms with Crippen molar-refractivity contribution in [1.29, 1.82) is 0 Å². The van der Waals surface area contributed by atoms with E-state index in [1.807, 2.05) is 30.3 Å². The molecule has 1 unspecified atom stereocenters. The lowest BCUT2D eigenvalue weighted by Gasteiger charge is -2.18. The average Bonchev–Trinajstić information content (AvgIpc) is 2.58. The molecule has 4 amide bonds. The monoisotopic (exact) mass is 334 g/mol. The molecular formula is C16H22N4O4. The molecule has 1 atom stereocenters. The third-order valence-electron chi connectivity index (χ3n) is 3.08. The zero-order chi connectivity index (χ0) is 17.8. The van der Waals surface area contributed by atoms with Gasteiger partial charge in [-0.05, 0) is 12.5 Å². The van der Waals surface area contributed by atoms with Crippen molar-refractivity contribution < 1.29 is 19.2 Å². The van der Waals surface area contributed by atoms with Crippen LogP contribution in [0.2, 0.25) is 0 Å². The quantitative estimate of drug-likeness (QED) is 0.398. The Hall–Kier alpha value is -2.90. The highest BCUT2D eigenvalue weighted by atomic mass is 16.2. The maximum absolute atomic E-state index is 12.1. The Morgan fingerprint density at radius 2 is 1.75 bits per heavy atom. The van der Waals surface area contributed by atoms with E-state index in [2.05, 4.69) is 21.3 Å². The van der Waals surface area contributed by atoms with Crippen molar-refractivity contribution in [2.45, 2.75) is 19.4 Å². The minimum atomic E-state index is -0.732. The van der Waals surface area contributed by atoms with E-state index in [0.29, 0.717) is 19.4 Å². The van der Waals surface area contributed by atoms with Crippen molar-refractivity contribution in [1.82, 2.24) is 21.3 Å². The van der Waals surface area contributed by atoms with Gasteiger partial charge in [0.1, 0.15) is 6.04 Å². The van der Waals surface area contributed by atoms with Gasteiger partial charge in [0.05, 0.1) is 13.1 Å². The fourth-order valence-corrected chi connectivity index (χ4v) is 1.98. The van der Waals surface area contributed by atoms with Crippen LogP contribution in [0.4, 0.5) is 0 Å². The second-order valence-electron chi connectivity index (χ2n) is 4.98. The molecule has 1 rings (SSSR count). The zero-order valence-electron chi connectivity index (χ0n) is 13.5. The third-order valence-corrected chi connectivity index (χ3v) is 3.08. The van der Waals surface area contributed by atoms with Crippen molar-refractivity contribution in [2.24, 2.45) is 0 Å². The minimum absolute atomic E-state index is 0.208. The molecule has 0 aromatic heterocycles. The zero-order valence-corrected chi connectivity index (χ0v) is 13.5. The largest absolute Gasteiger partial charge is 0.355 e. The number of carbonyl (C=O) groups excluding carboxylic acids is 4. The predicted molar refractivity (Wildman–Crippen MR) is 87.8 cm³/mol. The first-order valence-corrected chi connectivity index (χ1v) is 7.61. The first kappa shape index (κ1) is 19.1. The SMILES string of the molecule is CCNC(=O)C(Cc1ccccc1)NC(=O)CNC(=O)CNC=O. The summed E-state index contributed by atoms with van der Waals surface area (Å²) in [5.74, 6) is -1.26. The van der Waals surface area contributed by atoms with Crippen LogP contribution in [-0.2, 0) is 25.6 Å². The van der Waals surface area contributed by atoms with Crippen LogP contribution in [-0.4, -0.2) is 49.8 Å². The van der Waals surface area contributed by atoms with Gasteiger partial charge in [-0.25, -0.2) is 0 Å². The van der Waals surface area contributed by atoms with Crippen LogP contribution in [0.15, 0.2) is 30.3 Å². The van der Waals surface area contributed by atoms with E-state index in [1.165, 1.54) is 0 Å². The summed E-state index contributed by atoms with van der Waals surface area (Å²) in [4.78, 5) is 45.5. The van der Waals surface area contributed by atoms with Gasteiger partial charge in [-0.3, -0.25) is 19.2 Å². The number of likely N-dealkylation sites (N-methyl/N-ethyl adjacent to an activating group) is 1. The van der Waals surface area contributed by atoms with Crippen LogP contribution in [0.25, 0.3) is 0 Å². The Kier molecular flexibility index (Phi) is 8.59. The van der Waals surface area contributed by atoms with Crippen molar-refractivity contribution >= 4 is 24.1 Å². The second kappa shape index (κ2) is 10.8. The Bertz CT molecular complexity index is 562. The molecule has 1 aromatic carbocycles. The number of hydrogen-bond donors (Lipinski definition) is 4. The van der Waals surface area contributed by atoms with Gasteiger partial charge in [-0.2, -0.15) is 0 Å². The predicted octanol–water partition coefficient (Wildman–Crippen LogP) is -1.29. The van der Waals surface area contributed by atoms with Crippen LogP contribution in [0.1, 0.15) is 12.5 Å². The molecular weight excluding hydrogens is 312 g/mol. The molecule has 130 valence electrons. The number of amides is 4. The molecule has 0 bridgehead atoms. The van der Waals surface area contributed by atoms with Crippen molar-refractivity contribution in [3.8, 4) is 0 Å². The molecule has 0 fully saturated rings. The van der Waals surface area contributed by atoms with E-state index in [4.69, 9.17) is 0 Å². The molecule has 0 heterocycles. The molecule has 0 aliphatic heterocycles. The maximum atomic E-state index is 12.1. The van der Waals surface area contributed by atoms with Gasteiger partial charge in [0, 0.05) is 13.0 Å². The standard InChI is InChI=1S/C16H22N4O4/c1-2-18-16(24)13(8-12-6-4-3-5-7-12)20-15(23)10-19-14(22)9-17-11-21/h3-7,11,13H,2,8-10H2,1H3,(H,17,21)(H,18,24)(H,19,22)(H,20,23). The Labute approximate surface area is 140 Å². The van der Waals surface area contributed by atoms with Gasteiger partial charge in [0.15, 0.2) is 0 Å². The number of hydrogen-bond acceptors (Lipinski definition) is 4. The molecule has 0 aliphatic carbocycles. The fourth-order valence-electron chi connectivity index (χ4n) is 1.98. The van der Waals surface area contributed by atoms with Gasteiger partial charge in [-0.15, -0.1) is 0 Å². The summed E-state index contributed by atoms with van der Waals surface area (Å²) >= 11 is 0. The van der Waals surface area contributed by atoms with E-state index in [-0.39, 0.29) is 19.0 Å². The van der Waals surface area contributed by atoms with Gasteiger partial charge in [0.25, 0.3) is 0 Å². The first-order chi connectivity index (χ1) is 11.6. The molecule has 0 aliphatic rings. The van der Waals surface area contributed by atoms with Gasteiger partial charge < -0.3 is 21.3 Å². The van der Waals surface area contributed by atoms with Gasteiger partial charge in [0.2, 0.25) is 24.1 Å². The summed E-state index contributed by atoms with van der Waals surface area (Å²) in [6.07, 6.45) is 0.740. The Morgan fingerprint density at radius 1 is 1.04 bits per heavy atom. The van der Waals surface area contributed by atoms with E-state index in [9.17, 15) is 19.2 Å². The van der Waals surface area contributed by atoms with E-state index >= 15 is 0 Å². The number of benzene rings is 1. The molecule has 4 N–H and O–H groups in total. The summed E-state index contributed by atoms with van der Waals surface area (Å²) < 4.78 is 0. The van der Waals surface area contributed by atoms with Crippen LogP contribution < -0.4 is 21.3 Å². The number of rotatable bonds is 10. The number of nitrogens with one attached hydrogen (secondary N) is 4. The lowest BCUT2D eigenvalue weighted by atomic mass is 10.1. The van der Waals surface area contributed by atoms with Crippen LogP contribution in [0, 0.1) is 0 Å². The van der Waals surface area contributed by atoms with Crippen LogP contribution in [0.5, 0.6) is 0 Å². The molecule has 24 heavy (non-hydrogen) atoms. The third kappa shape index (κ3) is 7.39. The number of carbonyl (C=O) groups is 4. The van der Waals surface area contributed by atoms with Crippen LogP contribution in [0.3, 0.4) is 0 Å². The smallest absolute Gasteiger partial charge is 0.242 e. The second-order valence-corrected chi connectivity index (χ2v) is 4.98. The van der Waals surface area contributed by atoms with E-state index in [0.717, 1.165) is 5.56 Å². The highest BCUT2D eigenvalue weighted by Crippen LogP contribution is 2.03. The molecule has 0 spiro atoms. The molecule has 8 heteroatoms. The summed E-state index contributed by atoms with van der Waals surface area (Å²) in [6, 6.07) is 8.57. The van der Waals surface area contributed by atoms with Gasteiger partial charge in [-0.1, -0.05) is 30.3 Å². The van der Waals surface area contributed by atoms with Crippen molar-refractivity contribution in [3.63, 3.8) is 0 Å². The summed E-state index contributed by atoms with van der Waals surface area (Å²) in [7, 11) is 0. The highest BCUT2D eigenvalue weighted by Gasteiger charge is 2.20. The molecule has 0 saturated heterocycles. The lowest BCUT2D eigenvalue weighted by Crippen LogP contribution is -2.51. The van der Waals surface area contributed by atoms with E-state index in [1.54, 1.807) is 6.92 Å². The fraction of sp³-hybridized carbons (Fsp3) is 0.375. The summed E-state index contributed by atoms with van der Waals surface area (Å²) in [5.41, 5.74) is 0.910. The topological polar surface area (TPSA) is 116 Å². The van der Waals surface area contributed by atoms with E-state index < -0.39 is 17.9 Å². The van der Waals surface area contributed by atoms with Crippen LogP contribution >= 0.6 is 0 Å². The van der Waals surface area contributed by atoms with Crippen molar-refractivity contribution in [3.05, 3.63) is 35.9 Å². The normalized spacial score (nSPS) is 11.0. The molecule has 8 nitrogen and oxygen atoms in total. The molecule has 0 radical (unpaired) electrons. The average molecular weight is 334 g/mol. The lowest BCUT2D eigenvalue weighted by molar-refractivity contribution is -0.129. The van der Waals surface area contributed by atoms with Crippen molar-refractivity contribution in [2.75, 3.05) is 19.6 Å². The Morgan fingerprint density at radius 3 is 2.38 bits per heavy atom. The molecule has 1 aromatic rings.